The summed E-state index contributed by atoms with van der Waals surface area (Å²) in [5.41, 5.74) is 2.66. The summed E-state index contributed by atoms with van der Waals surface area (Å²) in [6, 6.07) is 5.08. The second-order valence-electron chi connectivity index (χ2n) is 10.2. The predicted octanol–water partition coefficient (Wildman–Crippen LogP) is 4.55. The zero-order valence-corrected chi connectivity index (χ0v) is 20.1. The lowest BCUT2D eigenvalue weighted by Gasteiger charge is -2.29. The summed E-state index contributed by atoms with van der Waals surface area (Å²) in [6.45, 7) is 6.65. The number of anilines is 2. The van der Waals surface area contributed by atoms with Crippen molar-refractivity contribution in [2.45, 2.75) is 76.8 Å². The van der Waals surface area contributed by atoms with Crippen LogP contribution in [0.3, 0.4) is 0 Å². The first-order valence-electron chi connectivity index (χ1n) is 11.5. The molecule has 0 unspecified atom stereocenters. The van der Waals surface area contributed by atoms with E-state index in [1.165, 1.54) is 0 Å². The Morgan fingerprint density at radius 1 is 1.03 bits per heavy atom. The maximum Gasteiger partial charge on any atom is 0.405 e. The molecule has 0 bridgehead atoms. The Bertz CT molecular complexity index is 1200. The van der Waals surface area contributed by atoms with Crippen LogP contribution < -0.4 is 10.6 Å². The van der Waals surface area contributed by atoms with E-state index in [9.17, 15) is 23.4 Å². The second-order valence-corrected chi connectivity index (χ2v) is 10.2. The highest BCUT2D eigenvalue weighted by Gasteiger charge is 2.29. The number of nitrogens with one attached hydrogen (secondary N) is 2. The van der Waals surface area contributed by atoms with Gasteiger partial charge < -0.3 is 25.3 Å². The van der Waals surface area contributed by atoms with Crippen LogP contribution in [0.2, 0.25) is 0 Å². The van der Waals surface area contributed by atoms with E-state index in [2.05, 4.69) is 20.8 Å². The predicted molar refractivity (Wildman–Crippen MR) is 126 cm³/mol. The van der Waals surface area contributed by atoms with E-state index in [0.717, 1.165) is 16.5 Å². The van der Waals surface area contributed by atoms with Crippen LogP contribution in [0.15, 0.2) is 22.6 Å². The van der Waals surface area contributed by atoms with E-state index in [-0.39, 0.29) is 17.9 Å². The number of pyridine rings is 1. The Morgan fingerprint density at radius 2 is 1.71 bits per heavy atom. The molecule has 1 aromatic carbocycles. The van der Waals surface area contributed by atoms with Crippen molar-refractivity contribution in [1.82, 2.24) is 15.2 Å². The first kappa shape index (κ1) is 25.2. The lowest BCUT2D eigenvalue weighted by Crippen LogP contribution is -2.37. The number of halogens is 3. The molecular weight excluding hydrogens is 463 g/mol. The van der Waals surface area contributed by atoms with Crippen LogP contribution in [0, 0.1) is 6.92 Å². The fourth-order valence-electron chi connectivity index (χ4n) is 4.41. The van der Waals surface area contributed by atoms with Gasteiger partial charge in [-0.25, -0.2) is 4.98 Å². The molecule has 11 heteroatoms. The molecule has 8 nitrogen and oxygen atoms in total. The first-order chi connectivity index (χ1) is 16.3. The number of rotatable bonds is 5. The number of aryl methyl sites for hydroxylation is 1. The lowest BCUT2D eigenvalue weighted by atomic mass is 9.84. The van der Waals surface area contributed by atoms with Gasteiger partial charge in [0, 0.05) is 17.1 Å². The molecular formula is C24H30F3N5O3. The largest absolute Gasteiger partial charge is 0.405 e. The van der Waals surface area contributed by atoms with Gasteiger partial charge in [-0.15, -0.1) is 5.10 Å². The number of hydrogen-bond acceptors (Lipinski definition) is 8. The Hall–Kier alpha value is -2.92. The number of benzene rings is 1. The Labute approximate surface area is 201 Å². The number of aliphatic hydroxyl groups excluding tert-OH is 2. The van der Waals surface area contributed by atoms with Crippen molar-refractivity contribution < 1.29 is 27.8 Å². The van der Waals surface area contributed by atoms with Crippen LogP contribution in [0.25, 0.3) is 22.5 Å². The monoisotopic (exact) mass is 493 g/mol. The highest BCUT2D eigenvalue weighted by molar-refractivity contribution is 5.90. The maximum absolute atomic E-state index is 12.8. The van der Waals surface area contributed by atoms with E-state index < -0.39 is 30.3 Å². The number of aliphatic hydroxyl groups is 2. The van der Waals surface area contributed by atoms with Gasteiger partial charge in [-0.1, -0.05) is 25.9 Å². The third-order valence-electron chi connectivity index (χ3n) is 6.05. The van der Waals surface area contributed by atoms with Crippen LogP contribution in [0.1, 0.15) is 51.2 Å². The van der Waals surface area contributed by atoms with Crippen molar-refractivity contribution in [1.29, 1.82) is 0 Å². The van der Waals surface area contributed by atoms with Crippen molar-refractivity contribution >= 4 is 22.6 Å². The molecule has 0 aliphatic heterocycles. The molecule has 3 aromatic rings. The molecule has 2 aromatic heterocycles. The van der Waals surface area contributed by atoms with Gasteiger partial charge in [0.25, 0.3) is 5.89 Å². The molecule has 4 rings (SSSR count). The zero-order chi connectivity index (χ0) is 25.5. The van der Waals surface area contributed by atoms with Crippen LogP contribution >= 0.6 is 0 Å². The van der Waals surface area contributed by atoms with E-state index in [0.29, 0.717) is 36.2 Å². The zero-order valence-electron chi connectivity index (χ0n) is 20.1. The van der Waals surface area contributed by atoms with Crippen molar-refractivity contribution in [2.75, 3.05) is 17.2 Å². The molecule has 0 amide bonds. The van der Waals surface area contributed by atoms with Crippen LogP contribution in [-0.2, 0) is 5.41 Å². The number of nitrogens with zero attached hydrogens (tertiary/aromatic N) is 3. The summed E-state index contributed by atoms with van der Waals surface area (Å²) in [5.74, 6) is 0.188. The van der Waals surface area contributed by atoms with E-state index in [4.69, 9.17) is 9.40 Å². The molecule has 0 spiro atoms. The molecule has 1 saturated carbocycles. The second kappa shape index (κ2) is 9.27. The smallest absolute Gasteiger partial charge is 0.402 e. The van der Waals surface area contributed by atoms with Crippen molar-refractivity contribution in [3.63, 3.8) is 0 Å². The maximum atomic E-state index is 12.8. The van der Waals surface area contributed by atoms with Crippen LogP contribution in [0.4, 0.5) is 24.9 Å². The van der Waals surface area contributed by atoms with Gasteiger partial charge in [0.2, 0.25) is 0 Å². The van der Waals surface area contributed by atoms with E-state index >= 15 is 0 Å². The molecule has 35 heavy (non-hydrogen) atoms. The van der Waals surface area contributed by atoms with Gasteiger partial charge in [-0.05, 0) is 60.9 Å². The summed E-state index contributed by atoms with van der Waals surface area (Å²) >= 11 is 0. The third kappa shape index (κ3) is 6.02. The average molecular weight is 494 g/mol. The van der Waals surface area contributed by atoms with Crippen LogP contribution in [-0.4, -0.2) is 56.4 Å². The molecule has 1 aliphatic carbocycles. The van der Waals surface area contributed by atoms with Gasteiger partial charge in [0.05, 0.1) is 17.7 Å². The molecule has 4 N–H and O–H groups in total. The van der Waals surface area contributed by atoms with Crippen molar-refractivity contribution in [2.24, 2.45) is 0 Å². The fraction of sp³-hybridized carbons (Fsp3) is 0.542. The molecule has 190 valence electrons. The molecule has 0 radical (unpaired) electrons. The molecule has 1 fully saturated rings. The summed E-state index contributed by atoms with van der Waals surface area (Å²) in [6.07, 6.45) is -4.27. The normalized spacial score (nSPS) is 21.3. The van der Waals surface area contributed by atoms with Gasteiger partial charge in [0.1, 0.15) is 12.2 Å². The third-order valence-corrected chi connectivity index (χ3v) is 6.05. The quantitative estimate of drug-likeness (QED) is 0.409. The number of alkyl halides is 3. The molecule has 2 atom stereocenters. The summed E-state index contributed by atoms with van der Waals surface area (Å²) in [7, 11) is 0. The lowest BCUT2D eigenvalue weighted by molar-refractivity contribution is -0.115. The molecule has 1 aliphatic rings. The SMILES string of the molecule is Cc1cc(-c2nnc(NC3C[C@@H](O)C[C@H](O)C3)o2)nc2c(C(C)(C)C)cc(NCC(F)(F)F)cc12. The minimum Gasteiger partial charge on any atom is -0.402 e. The highest BCUT2D eigenvalue weighted by atomic mass is 19.4. The van der Waals surface area contributed by atoms with Gasteiger partial charge in [-0.3, -0.25) is 0 Å². The summed E-state index contributed by atoms with van der Waals surface area (Å²) in [5, 5.41) is 34.2. The number of aromatic nitrogens is 3. The Kier molecular flexibility index (Phi) is 6.67. The Balaban J connectivity index is 1.67. The van der Waals surface area contributed by atoms with Crippen LogP contribution in [0.5, 0.6) is 0 Å². The summed E-state index contributed by atoms with van der Waals surface area (Å²) in [4.78, 5) is 4.75. The van der Waals surface area contributed by atoms with E-state index in [1.807, 2.05) is 27.7 Å². The molecule has 0 saturated heterocycles. The highest BCUT2D eigenvalue weighted by Crippen LogP contribution is 2.36. The first-order valence-corrected chi connectivity index (χ1v) is 11.5. The minimum absolute atomic E-state index is 0.161. The van der Waals surface area contributed by atoms with Gasteiger partial charge in [0.15, 0.2) is 0 Å². The van der Waals surface area contributed by atoms with Gasteiger partial charge in [-0.2, -0.15) is 13.2 Å². The van der Waals surface area contributed by atoms with E-state index in [1.54, 1.807) is 18.2 Å². The van der Waals surface area contributed by atoms with Crippen molar-refractivity contribution in [3.05, 3.63) is 29.3 Å². The van der Waals surface area contributed by atoms with Crippen molar-refractivity contribution in [3.8, 4) is 11.6 Å². The standard InChI is InChI=1S/C24H30F3N5O3/c1-12-5-19(21-31-32-22(35-21)29-14-6-15(33)10-16(34)7-14)30-20-17(12)8-13(28-11-24(25,26)27)9-18(20)23(2,3)4/h5,8-9,14-16,28,33-34H,6-7,10-11H2,1-4H3,(H,29,32)/t15-,16-/m1/s1. The minimum atomic E-state index is -4.33. The fourth-order valence-corrected chi connectivity index (χ4v) is 4.41. The number of hydrogen-bond donors (Lipinski definition) is 4. The number of fused-ring (bicyclic) bond motifs is 1. The van der Waals surface area contributed by atoms with Gasteiger partial charge >= 0.3 is 12.2 Å². The molecule has 2 heterocycles. The summed E-state index contributed by atoms with van der Waals surface area (Å²) < 4.78 is 44.1. The average Bonchev–Trinajstić information content (AvgIpc) is 3.18. The Morgan fingerprint density at radius 3 is 2.34 bits per heavy atom. The topological polar surface area (TPSA) is 116 Å².